The van der Waals surface area contributed by atoms with Crippen molar-refractivity contribution in [3.63, 3.8) is 0 Å². The van der Waals surface area contributed by atoms with E-state index in [0.29, 0.717) is 49.6 Å². The number of hydrogen-bond donors (Lipinski definition) is 3. The minimum atomic E-state index is -0.772. The Morgan fingerprint density at radius 1 is 1.11 bits per heavy atom. The Labute approximate surface area is 253 Å². The Balaban J connectivity index is 1.24. The maximum absolute atomic E-state index is 15.3. The van der Waals surface area contributed by atoms with Crippen molar-refractivity contribution in [3.8, 4) is 17.0 Å². The monoisotopic (exact) mass is 607 g/mol. The number of nitrogens with zero attached hydrogens (tertiary/aromatic N) is 4. The zero-order valence-electron chi connectivity index (χ0n) is 24.5. The van der Waals surface area contributed by atoms with Crippen molar-refractivity contribution in [2.75, 3.05) is 25.6 Å². The quantitative estimate of drug-likeness (QED) is 0.267. The van der Waals surface area contributed by atoms with Crippen LogP contribution in [0, 0.1) is 17.6 Å². The van der Waals surface area contributed by atoms with Crippen LogP contribution in [0.15, 0.2) is 48.9 Å². The van der Waals surface area contributed by atoms with E-state index in [4.69, 9.17) is 19.9 Å². The number of hydrogen-bond acceptors (Lipinski definition) is 9. The maximum atomic E-state index is 15.3. The zero-order chi connectivity index (χ0) is 30.8. The Bertz CT molecular complexity index is 1610. The first-order valence-electron chi connectivity index (χ1n) is 14.7. The Kier molecular flexibility index (Phi) is 8.58. The highest BCUT2D eigenvalue weighted by Gasteiger charge is 2.36. The number of alkyl carbamates (subject to hydrolysis) is 1. The zero-order valence-corrected chi connectivity index (χ0v) is 24.5. The number of benzene rings is 1. The minimum absolute atomic E-state index is 0.0843. The largest absolute Gasteiger partial charge is 0.490 e. The van der Waals surface area contributed by atoms with Gasteiger partial charge in [-0.05, 0) is 48.4 Å². The van der Waals surface area contributed by atoms with E-state index in [0.717, 1.165) is 12.0 Å². The molecule has 1 saturated carbocycles. The van der Waals surface area contributed by atoms with E-state index in [1.54, 1.807) is 30.7 Å². The molecule has 0 unspecified atom stereocenters. The summed E-state index contributed by atoms with van der Waals surface area (Å²) in [6.07, 6.45) is 7.13. The van der Waals surface area contributed by atoms with Gasteiger partial charge in [-0.3, -0.25) is 4.98 Å². The molecule has 2 aliphatic rings. The van der Waals surface area contributed by atoms with Crippen LogP contribution in [0.5, 0.6) is 5.75 Å². The van der Waals surface area contributed by atoms with Crippen molar-refractivity contribution >= 4 is 23.2 Å². The number of carbonyl (C=O) groups excluding carboxylic acids is 1. The second-order valence-electron chi connectivity index (χ2n) is 11.4. The number of rotatable bonds is 7. The average molecular weight is 608 g/mol. The first-order chi connectivity index (χ1) is 21.3. The van der Waals surface area contributed by atoms with E-state index in [1.807, 2.05) is 6.07 Å². The fourth-order valence-electron chi connectivity index (χ4n) is 6.22. The highest BCUT2D eigenvalue weighted by Crippen LogP contribution is 2.39. The van der Waals surface area contributed by atoms with E-state index in [2.05, 4.69) is 32.6 Å². The number of nitrogens with two attached hydrogens (primary N) is 1. The molecule has 4 heterocycles. The number of anilines is 2. The number of fused-ring (bicyclic) bond motifs is 1. The van der Waals surface area contributed by atoms with Gasteiger partial charge < -0.3 is 30.6 Å². The highest BCUT2D eigenvalue weighted by molar-refractivity contribution is 5.68. The first kappa shape index (κ1) is 29.7. The third kappa shape index (κ3) is 6.15. The molecule has 0 spiro atoms. The lowest BCUT2D eigenvalue weighted by Crippen LogP contribution is -2.54. The van der Waals surface area contributed by atoms with Gasteiger partial charge in [0, 0.05) is 43.3 Å². The van der Waals surface area contributed by atoms with Crippen LogP contribution in [0.2, 0.25) is 0 Å². The molecule has 4 atom stereocenters. The molecule has 44 heavy (non-hydrogen) atoms. The van der Waals surface area contributed by atoms with Gasteiger partial charge in [-0.15, -0.1) is 0 Å². The molecule has 1 aromatic carbocycles. The van der Waals surface area contributed by atoms with Gasteiger partial charge in [0.2, 0.25) is 5.95 Å². The third-order valence-corrected chi connectivity index (χ3v) is 8.43. The van der Waals surface area contributed by atoms with E-state index in [9.17, 15) is 4.79 Å². The van der Waals surface area contributed by atoms with Crippen LogP contribution in [0.25, 0.3) is 16.8 Å². The van der Waals surface area contributed by atoms with Crippen molar-refractivity contribution in [1.82, 2.24) is 24.9 Å². The van der Waals surface area contributed by atoms with Crippen LogP contribution < -0.4 is 21.1 Å². The molecule has 0 bridgehead atoms. The average Bonchev–Trinajstić information content (AvgIpc) is 3.41. The van der Waals surface area contributed by atoms with E-state index >= 15 is 8.78 Å². The maximum Gasteiger partial charge on any atom is 0.407 e. The van der Waals surface area contributed by atoms with Gasteiger partial charge in [0.25, 0.3) is 0 Å². The molecule has 6 rings (SSSR count). The molecule has 11 nitrogen and oxygen atoms in total. The van der Waals surface area contributed by atoms with E-state index < -0.39 is 17.7 Å². The normalized spacial score (nSPS) is 22.5. The number of ether oxygens (including phenoxy) is 3. The second kappa shape index (κ2) is 12.7. The molecular weight excluding hydrogens is 572 g/mol. The minimum Gasteiger partial charge on any atom is -0.490 e. The predicted octanol–water partition coefficient (Wildman–Crippen LogP) is 4.94. The third-order valence-electron chi connectivity index (χ3n) is 8.43. The van der Waals surface area contributed by atoms with E-state index in [1.165, 1.54) is 23.8 Å². The number of methoxy groups -OCH3 is 1. The van der Waals surface area contributed by atoms with Gasteiger partial charge in [0.05, 0.1) is 55.2 Å². The fraction of sp³-hybridized carbons (Fsp3) is 0.419. The van der Waals surface area contributed by atoms with Crippen molar-refractivity contribution in [3.05, 3.63) is 66.1 Å². The summed E-state index contributed by atoms with van der Waals surface area (Å²) < 4.78 is 48.0. The van der Waals surface area contributed by atoms with E-state index in [-0.39, 0.29) is 47.0 Å². The molecule has 1 amide bonds. The summed E-state index contributed by atoms with van der Waals surface area (Å²) in [7, 11) is 1.33. The molecule has 4 N–H and O–H groups in total. The van der Waals surface area contributed by atoms with Crippen molar-refractivity contribution < 1.29 is 27.8 Å². The number of pyridine rings is 1. The van der Waals surface area contributed by atoms with Gasteiger partial charge in [-0.1, -0.05) is 6.92 Å². The molecule has 232 valence electrons. The standard InChI is InChI=1S/C31H35F2N7O4/c1-17-11-18(12-25(34)29(17)38-31(41)42-2)22-5-8-35-16-27(22)37-30-36-15-19-3-4-26(39-40(19)30)28-23(32)13-21(14-24(28)33)44-20-6-9-43-10-7-20/h3-5,8,13-18,20,25,29H,6-7,9-12,34H2,1-2H3,(H,36,37)(H,38,41)/t17-,18+,25+,29-/m0/s1. The Hall–Kier alpha value is -4.36. The Morgan fingerprint density at radius 2 is 1.89 bits per heavy atom. The number of halogens is 2. The number of aromatic nitrogens is 4. The smallest absolute Gasteiger partial charge is 0.407 e. The van der Waals surface area contributed by atoms with Crippen molar-refractivity contribution in [2.24, 2.45) is 11.7 Å². The van der Waals surface area contributed by atoms with Gasteiger partial charge in [-0.2, -0.15) is 9.61 Å². The molecule has 0 radical (unpaired) electrons. The molecule has 3 aromatic heterocycles. The molecular formula is C31H35F2N7O4. The summed E-state index contributed by atoms with van der Waals surface area (Å²) in [6, 6.07) is 7.08. The van der Waals surface area contributed by atoms with Gasteiger partial charge in [0.15, 0.2) is 0 Å². The summed E-state index contributed by atoms with van der Waals surface area (Å²) in [5, 5.41) is 10.7. The van der Waals surface area contributed by atoms with Crippen molar-refractivity contribution in [2.45, 2.75) is 56.7 Å². The molecule has 1 aliphatic carbocycles. The highest BCUT2D eigenvalue weighted by atomic mass is 19.1. The summed E-state index contributed by atoms with van der Waals surface area (Å²) in [6.45, 7) is 3.17. The first-order valence-corrected chi connectivity index (χ1v) is 14.7. The second-order valence-corrected chi connectivity index (χ2v) is 11.4. The number of imidazole rings is 1. The summed E-state index contributed by atoms with van der Waals surface area (Å²) in [4.78, 5) is 20.6. The van der Waals surface area contributed by atoms with Crippen LogP contribution in [0.4, 0.5) is 25.2 Å². The molecule has 4 aromatic rings. The number of carbonyl (C=O) groups is 1. The van der Waals surface area contributed by atoms with Gasteiger partial charge in [0.1, 0.15) is 23.5 Å². The lowest BCUT2D eigenvalue weighted by Gasteiger charge is -2.39. The molecule has 13 heteroatoms. The van der Waals surface area contributed by atoms with Crippen LogP contribution in [0.1, 0.15) is 44.1 Å². The van der Waals surface area contributed by atoms with Crippen LogP contribution in [-0.4, -0.2) is 64.2 Å². The lowest BCUT2D eigenvalue weighted by molar-refractivity contribution is 0.0253. The topological polar surface area (TPSA) is 138 Å². The SMILES string of the molecule is COC(=O)N[C@@H]1[C@H](N)C[C@H](c2ccncc2Nc2ncc3ccc(-c4c(F)cc(OC5CCOCC5)cc4F)nn23)C[C@@H]1C. The fourth-order valence-corrected chi connectivity index (χ4v) is 6.22. The summed E-state index contributed by atoms with van der Waals surface area (Å²) in [5.74, 6) is -0.874. The lowest BCUT2D eigenvalue weighted by atomic mass is 9.73. The van der Waals surface area contributed by atoms with Crippen LogP contribution in [-0.2, 0) is 9.47 Å². The Morgan fingerprint density at radius 3 is 2.61 bits per heavy atom. The van der Waals surface area contributed by atoms with Crippen molar-refractivity contribution in [1.29, 1.82) is 0 Å². The molecule has 2 fully saturated rings. The summed E-state index contributed by atoms with van der Waals surface area (Å²) >= 11 is 0. The summed E-state index contributed by atoms with van der Waals surface area (Å²) in [5.41, 5.74) is 8.69. The van der Waals surface area contributed by atoms with Crippen LogP contribution >= 0.6 is 0 Å². The van der Waals surface area contributed by atoms with Gasteiger partial charge in [-0.25, -0.2) is 18.6 Å². The molecule has 1 aliphatic heterocycles. The van der Waals surface area contributed by atoms with Crippen LogP contribution in [0.3, 0.4) is 0 Å². The number of nitrogens with one attached hydrogen (secondary N) is 2. The van der Waals surface area contributed by atoms with Gasteiger partial charge >= 0.3 is 6.09 Å². The predicted molar refractivity (Wildman–Crippen MR) is 159 cm³/mol. The molecule has 1 saturated heterocycles. The number of amides is 1.